The number of aryl methyl sites for hydroxylation is 1. The van der Waals surface area contributed by atoms with Crippen LogP contribution in [0.15, 0.2) is 24.3 Å². The molecule has 0 saturated carbocycles. The van der Waals surface area contributed by atoms with E-state index in [1.165, 1.54) is 11.3 Å². The van der Waals surface area contributed by atoms with Crippen molar-refractivity contribution >= 4 is 55.7 Å². The van der Waals surface area contributed by atoms with Gasteiger partial charge in [0.2, 0.25) is 5.28 Å². The number of thiazole rings is 1. The summed E-state index contributed by atoms with van der Waals surface area (Å²) in [6.45, 7) is 1.86. The maximum atomic E-state index is 5.95. The normalized spacial score (nSPS) is 10.9. The maximum absolute atomic E-state index is 5.95. The molecule has 0 saturated heterocycles. The Morgan fingerprint density at radius 1 is 1.11 bits per heavy atom. The summed E-state index contributed by atoms with van der Waals surface area (Å²) >= 11 is 13.3. The zero-order valence-corrected chi connectivity index (χ0v) is 12.1. The number of nitrogens with zero attached hydrogens (tertiary/aromatic N) is 3. The SMILES string of the molecule is Cc1cc(Nc2nc3ccc(Cl)cc3s2)nc(Cl)n1. The van der Waals surface area contributed by atoms with Crippen molar-refractivity contribution in [1.82, 2.24) is 15.0 Å². The highest BCUT2D eigenvalue weighted by molar-refractivity contribution is 7.22. The van der Waals surface area contributed by atoms with E-state index in [0.717, 1.165) is 21.0 Å². The Balaban J connectivity index is 1.96. The number of hydrogen-bond donors (Lipinski definition) is 1. The third kappa shape index (κ3) is 2.78. The minimum atomic E-state index is 0.214. The lowest BCUT2D eigenvalue weighted by Gasteiger charge is -2.02. The molecule has 0 fully saturated rings. The van der Waals surface area contributed by atoms with Gasteiger partial charge in [-0.15, -0.1) is 0 Å². The number of nitrogens with one attached hydrogen (secondary N) is 1. The molecule has 2 heterocycles. The molecule has 0 spiro atoms. The number of anilines is 2. The van der Waals surface area contributed by atoms with E-state index < -0.39 is 0 Å². The van der Waals surface area contributed by atoms with Crippen LogP contribution < -0.4 is 5.32 Å². The Morgan fingerprint density at radius 3 is 2.74 bits per heavy atom. The third-order valence-electron chi connectivity index (χ3n) is 2.41. The third-order valence-corrected chi connectivity index (χ3v) is 3.75. The van der Waals surface area contributed by atoms with Gasteiger partial charge in [-0.05, 0) is 36.7 Å². The van der Waals surface area contributed by atoms with Crippen LogP contribution in [0.25, 0.3) is 10.2 Å². The summed E-state index contributed by atoms with van der Waals surface area (Å²) in [4.78, 5) is 12.6. The number of rotatable bonds is 2. The van der Waals surface area contributed by atoms with E-state index in [-0.39, 0.29) is 5.28 Å². The summed E-state index contributed by atoms with van der Waals surface area (Å²) in [5, 5.41) is 4.78. The second-order valence-corrected chi connectivity index (χ2v) is 5.72. The minimum Gasteiger partial charge on any atom is -0.316 e. The van der Waals surface area contributed by atoms with E-state index in [0.29, 0.717) is 10.8 Å². The van der Waals surface area contributed by atoms with Crippen LogP contribution in [0.2, 0.25) is 10.3 Å². The first-order chi connectivity index (χ1) is 9.10. The highest BCUT2D eigenvalue weighted by Crippen LogP contribution is 2.30. The molecule has 0 bridgehead atoms. The summed E-state index contributed by atoms with van der Waals surface area (Å²) in [5.74, 6) is 0.627. The molecule has 3 aromatic rings. The standard InChI is InChI=1S/C12H8Cl2N4S/c1-6-4-10(17-11(14)15-6)18-12-16-8-3-2-7(13)5-9(8)19-12/h2-5H,1H3,(H,15,16,17,18). The lowest BCUT2D eigenvalue weighted by molar-refractivity contribution is 1.10. The summed E-state index contributed by atoms with van der Waals surface area (Å²) in [7, 11) is 0. The zero-order valence-electron chi connectivity index (χ0n) is 9.82. The van der Waals surface area contributed by atoms with E-state index in [1.54, 1.807) is 0 Å². The van der Waals surface area contributed by atoms with Gasteiger partial charge >= 0.3 is 0 Å². The fourth-order valence-corrected chi connectivity index (χ4v) is 3.03. The summed E-state index contributed by atoms with van der Waals surface area (Å²) in [6.07, 6.45) is 0. The van der Waals surface area contributed by atoms with E-state index in [2.05, 4.69) is 20.3 Å². The van der Waals surface area contributed by atoms with E-state index in [9.17, 15) is 0 Å². The average Bonchev–Trinajstić information content (AvgIpc) is 2.68. The molecule has 7 heteroatoms. The lowest BCUT2D eigenvalue weighted by atomic mass is 10.3. The van der Waals surface area contributed by atoms with E-state index in [1.807, 2.05) is 31.2 Å². The number of fused-ring (bicyclic) bond motifs is 1. The van der Waals surface area contributed by atoms with Crippen molar-refractivity contribution in [3.05, 3.63) is 40.3 Å². The van der Waals surface area contributed by atoms with Crippen LogP contribution in [0.1, 0.15) is 5.69 Å². The fraction of sp³-hybridized carbons (Fsp3) is 0.0833. The van der Waals surface area contributed by atoms with Crippen molar-refractivity contribution in [3.63, 3.8) is 0 Å². The molecule has 0 aliphatic heterocycles. The Morgan fingerprint density at radius 2 is 1.95 bits per heavy atom. The Kier molecular flexibility index (Phi) is 3.26. The van der Waals surface area contributed by atoms with Gasteiger partial charge in [-0.1, -0.05) is 22.9 Å². The first-order valence-corrected chi connectivity index (χ1v) is 7.02. The molecular formula is C12H8Cl2N4S. The quantitative estimate of drug-likeness (QED) is 0.711. The van der Waals surface area contributed by atoms with Crippen LogP contribution in [-0.2, 0) is 0 Å². The topological polar surface area (TPSA) is 50.7 Å². The molecule has 3 rings (SSSR count). The molecule has 4 nitrogen and oxygen atoms in total. The van der Waals surface area contributed by atoms with Crippen LogP contribution in [0.5, 0.6) is 0 Å². The molecule has 2 aromatic heterocycles. The van der Waals surface area contributed by atoms with Crippen molar-refractivity contribution in [2.24, 2.45) is 0 Å². The molecule has 0 amide bonds. The highest BCUT2D eigenvalue weighted by Gasteiger charge is 2.06. The molecule has 1 aromatic carbocycles. The van der Waals surface area contributed by atoms with Gasteiger partial charge in [-0.3, -0.25) is 0 Å². The van der Waals surface area contributed by atoms with Crippen LogP contribution in [0.3, 0.4) is 0 Å². The Hall–Kier alpha value is -1.43. The van der Waals surface area contributed by atoms with Gasteiger partial charge in [0.05, 0.1) is 10.2 Å². The van der Waals surface area contributed by atoms with Crippen molar-refractivity contribution in [2.75, 3.05) is 5.32 Å². The minimum absolute atomic E-state index is 0.214. The molecule has 0 unspecified atom stereocenters. The largest absolute Gasteiger partial charge is 0.316 e. The molecule has 0 aliphatic rings. The van der Waals surface area contributed by atoms with Crippen molar-refractivity contribution < 1.29 is 0 Å². The number of benzene rings is 1. The van der Waals surface area contributed by atoms with Gasteiger partial charge < -0.3 is 5.32 Å². The van der Waals surface area contributed by atoms with Gasteiger partial charge in [-0.25, -0.2) is 15.0 Å². The van der Waals surface area contributed by atoms with Gasteiger partial charge in [0.1, 0.15) is 5.82 Å². The summed E-state index contributed by atoms with van der Waals surface area (Å²) in [5.41, 5.74) is 1.69. The smallest absolute Gasteiger partial charge is 0.224 e. The predicted octanol–water partition coefficient (Wildman–Crippen LogP) is 4.45. The lowest BCUT2D eigenvalue weighted by Crippen LogP contribution is -1.96. The average molecular weight is 311 g/mol. The molecule has 96 valence electrons. The van der Waals surface area contributed by atoms with Crippen molar-refractivity contribution in [1.29, 1.82) is 0 Å². The second-order valence-electron chi connectivity index (χ2n) is 3.92. The predicted molar refractivity (Wildman–Crippen MR) is 79.7 cm³/mol. The van der Waals surface area contributed by atoms with Crippen molar-refractivity contribution in [3.8, 4) is 0 Å². The fourth-order valence-electron chi connectivity index (χ4n) is 1.66. The van der Waals surface area contributed by atoms with Crippen LogP contribution in [0, 0.1) is 6.92 Å². The van der Waals surface area contributed by atoms with Crippen LogP contribution in [0.4, 0.5) is 10.9 Å². The first kappa shape index (κ1) is 12.6. The molecular weight excluding hydrogens is 303 g/mol. The van der Waals surface area contributed by atoms with E-state index in [4.69, 9.17) is 23.2 Å². The molecule has 0 aliphatic carbocycles. The maximum Gasteiger partial charge on any atom is 0.224 e. The molecule has 1 N–H and O–H groups in total. The molecule has 0 radical (unpaired) electrons. The first-order valence-electron chi connectivity index (χ1n) is 5.44. The van der Waals surface area contributed by atoms with Gasteiger partial charge in [0, 0.05) is 16.8 Å². The van der Waals surface area contributed by atoms with Crippen molar-refractivity contribution in [2.45, 2.75) is 6.92 Å². The second kappa shape index (κ2) is 4.92. The van der Waals surface area contributed by atoms with E-state index >= 15 is 0 Å². The monoisotopic (exact) mass is 310 g/mol. The number of hydrogen-bond acceptors (Lipinski definition) is 5. The van der Waals surface area contributed by atoms with Gasteiger partial charge in [-0.2, -0.15) is 0 Å². The summed E-state index contributed by atoms with van der Waals surface area (Å²) < 4.78 is 1.02. The van der Waals surface area contributed by atoms with Gasteiger partial charge in [0.15, 0.2) is 5.13 Å². The Labute approximate surface area is 123 Å². The molecule has 0 atom stereocenters. The van der Waals surface area contributed by atoms with Crippen LogP contribution in [-0.4, -0.2) is 15.0 Å². The van der Waals surface area contributed by atoms with Crippen LogP contribution >= 0.6 is 34.5 Å². The zero-order chi connectivity index (χ0) is 13.4. The number of aromatic nitrogens is 3. The Bertz CT molecular complexity index is 736. The molecule has 19 heavy (non-hydrogen) atoms. The number of halogens is 2. The highest BCUT2D eigenvalue weighted by atomic mass is 35.5. The summed E-state index contributed by atoms with van der Waals surface area (Å²) in [6, 6.07) is 7.40. The van der Waals surface area contributed by atoms with Gasteiger partial charge in [0.25, 0.3) is 0 Å².